The number of hydrogen-bond acceptors (Lipinski definition) is 6. The van der Waals surface area contributed by atoms with Gasteiger partial charge in [0.1, 0.15) is 17.0 Å². The number of methoxy groups -OCH3 is 1. The van der Waals surface area contributed by atoms with Crippen LogP contribution in [-0.2, 0) is 10.0 Å². The van der Waals surface area contributed by atoms with Gasteiger partial charge in [-0.1, -0.05) is 6.07 Å². The molecule has 142 valence electrons. The molecule has 0 fully saturated rings. The fourth-order valence-corrected chi connectivity index (χ4v) is 3.82. The zero-order valence-electron chi connectivity index (χ0n) is 15.2. The number of rotatable bonds is 5. The van der Waals surface area contributed by atoms with Crippen molar-refractivity contribution in [2.45, 2.75) is 11.8 Å². The Hall–Kier alpha value is -3.39. The summed E-state index contributed by atoms with van der Waals surface area (Å²) >= 11 is 0. The Labute approximate surface area is 162 Å². The van der Waals surface area contributed by atoms with E-state index in [0.717, 1.165) is 5.56 Å². The molecule has 0 saturated carbocycles. The van der Waals surface area contributed by atoms with Crippen LogP contribution in [0.15, 0.2) is 70.1 Å². The average molecular weight is 395 g/mol. The quantitative estimate of drug-likeness (QED) is 0.549. The van der Waals surface area contributed by atoms with Gasteiger partial charge in [0.15, 0.2) is 5.58 Å². The van der Waals surface area contributed by atoms with Crippen LogP contribution in [0.2, 0.25) is 0 Å². The third-order valence-electron chi connectivity index (χ3n) is 4.17. The lowest BCUT2D eigenvalue weighted by molar-refractivity contribution is 0.414. The smallest absolute Gasteiger partial charge is 0.261 e. The minimum Gasteiger partial charge on any atom is -0.497 e. The lowest BCUT2D eigenvalue weighted by Crippen LogP contribution is -2.13. The number of nitrogens with one attached hydrogen (secondary N) is 1. The van der Waals surface area contributed by atoms with E-state index in [-0.39, 0.29) is 4.90 Å². The first kappa shape index (κ1) is 18.0. The molecule has 0 bridgehead atoms. The predicted octanol–water partition coefficient (Wildman–Crippen LogP) is 4.01. The molecule has 4 aromatic rings. The summed E-state index contributed by atoms with van der Waals surface area (Å²) in [5, 5.41) is 0. The zero-order valence-corrected chi connectivity index (χ0v) is 16.0. The van der Waals surface area contributed by atoms with E-state index < -0.39 is 10.0 Å². The standard InChI is InChI=1S/C20H17N3O4S/c1-13-10-11-21-17(12-13)20-22-19-16(4-3-5-18(19)27-20)23-28(24,25)15-8-6-14(26-2)7-9-15/h3-12,23H,1-2H3. The van der Waals surface area contributed by atoms with E-state index in [2.05, 4.69) is 14.7 Å². The van der Waals surface area contributed by atoms with E-state index in [1.165, 1.54) is 19.2 Å². The van der Waals surface area contributed by atoms with Gasteiger partial charge in [0.25, 0.3) is 10.0 Å². The number of anilines is 1. The molecule has 8 heteroatoms. The van der Waals surface area contributed by atoms with Gasteiger partial charge in [-0.05, 0) is 61.0 Å². The van der Waals surface area contributed by atoms with Gasteiger partial charge in [0.2, 0.25) is 5.89 Å². The number of ether oxygens (including phenoxy) is 1. The summed E-state index contributed by atoms with van der Waals surface area (Å²) in [6, 6.07) is 14.9. The minimum absolute atomic E-state index is 0.120. The molecule has 2 aromatic carbocycles. The normalized spacial score (nSPS) is 11.5. The van der Waals surface area contributed by atoms with Crippen molar-refractivity contribution in [3.8, 4) is 17.3 Å². The molecule has 0 aliphatic rings. The molecule has 2 aromatic heterocycles. The molecular formula is C20H17N3O4S. The number of sulfonamides is 1. The SMILES string of the molecule is COc1ccc(S(=O)(=O)Nc2cccc3oc(-c4cc(C)ccn4)nc23)cc1. The second-order valence-electron chi connectivity index (χ2n) is 6.17. The number of benzene rings is 2. The summed E-state index contributed by atoms with van der Waals surface area (Å²) in [4.78, 5) is 8.84. The highest BCUT2D eigenvalue weighted by Gasteiger charge is 2.18. The van der Waals surface area contributed by atoms with E-state index in [4.69, 9.17) is 9.15 Å². The Morgan fingerprint density at radius 2 is 1.86 bits per heavy atom. The first-order valence-electron chi connectivity index (χ1n) is 8.46. The number of pyridine rings is 1. The minimum atomic E-state index is -3.79. The van der Waals surface area contributed by atoms with Crippen LogP contribution in [0.5, 0.6) is 5.75 Å². The Bertz CT molecular complexity index is 1250. The van der Waals surface area contributed by atoms with E-state index >= 15 is 0 Å². The molecule has 0 radical (unpaired) electrons. The molecular weight excluding hydrogens is 378 g/mol. The highest BCUT2D eigenvalue weighted by atomic mass is 32.2. The molecule has 1 N–H and O–H groups in total. The predicted molar refractivity (Wildman–Crippen MR) is 106 cm³/mol. The van der Waals surface area contributed by atoms with Crippen molar-refractivity contribution in [3.05, 3.63) is 66.4 Å². The molecule has 0 aliphatic carbocycles. The molecule has 4 rings (SSSR count). The first-order chi connectivity index (χ1) is 13.5. The van der Waals surface area contributed by atoms with Crippen molar-refractivity contribution in [3.63, 3.8) is 0 Å². The van der Waals surface area contributed by atoms with E-state index in [0.29, 0.717) is 34.1 Å². The van der Waals surface area contributed by atoms with Gasteiger partial charge in [-0.2, -0.15) is 0 Å². The topological polar surface area (TPSA) is 94.3 Å². The van der Waals surface area contributed by atoms with Crippen LogP contribution in [0.1, 0.15) is 5.56 Å². The Morgan fingerprint density at radius 3 is 2.57 bits per heavy atom. The summed E-state index contributed by atoms with van der Waals surface area (Å²) in [7, 11) is -2.27. The first-order valence-corrected chi connectivity index (χ1v) is 9.94. The van der Waals surface area contributed by atoms with Crippen LogP contribution < -0.4 is 9.46 Å². The van der Waals surface area contributed by atoms with E-state index in [9.17, 15) is 8.42 Å². The summed E-state index contributed by atoms with van der Waals surface area (Å²) in [6.07, 6.45) is 1.67. The Balaban J connectivity index is 1.72. The van der Waals surface area contributed by atoms with Gasteiger partial charge >= 0.3 is 0 Å². The molecule has 0 aliphatic heterocycles. The Morgan fingerprint density at radius 1 is 1.07 bits per heavy atom. The van der Waals surface area contributed by atoms with Gasteiger partial charge in [-0.25, -0.2) is 13.4 Å². The van der Waals surface area contributed by atoms with Gasteiger partial charge in [0.05, 0.1) is 17.7 Å². The molecule has 0 saturated heterocycles. The fourth-order valence-electron chi connectivity index (χ4n) is 2.75. The van der Waals surface area contributed by atoms with Gasteiger partial charge in [0, 0.05) is 6.20 Å². The number of oxazole rings is 1. The van der Waals surface area contributed by atoms with Crippen molar-refractivity contribution in [2.75, 3.05) is 11.8 Å². The van der Waals surface area contributed by atoms with Crippen LogP contribution in [0, 0.1) is 6.92 Å². The highest BCUT2D eigenvalue weighted by molar-refractivity contribution is 7.92. The van der Waals surface area contributed by atoms with Gasteiger partial charge in [-0.15, -0.1) is 0 Å². The van der Waals surface area contributed by atoms with Crippen LogP contribution in [-0.4, -0.2) is 25.5 Å². The summed E-state index contributed by atoms with van der Waals surface area (Å²) in [5.41, 5.74) is 2.81. The third kappa shape index (κ3) is 3.41. The van der Waals surface area contributed by atoms with Crippen molar-refractivity contribution in [1.82, 2.24) is 9.97 Å². The number of para-hydroxylation sites is 1. The Kier molecular flexibility index (Phi) is 4.48. The summed E-state index contributed by atoms with van der Waals surface area (Å²) in [5.74, 6) is 0.905. The molecule has 28 heavy (non-hydrogen) atoms. The van der Waals surface area contributed by atoms with Crippen molar-refractivity contribution in [1.29, 1.82) is 0 Å². The second-order valence-corrected chi connectivity index (χ2v) is 7.85. The molecule has 0 unspecified atom stereocenters. The number of nitrogens with zero attached hydrogens (tertiary/aromatic N) is 2. The summed E-state index contributed by atoms with van der Waals surface area (Å²) < 4.78 is 38.9. The van der Waals surface area contributed by atoms with Crippen molar-refractivity contribution < 1.29 is 17.6 Å². The lowest BCUT2D eigenvalue weighted by atomic mass is 10.2. The molecule has 0 atom stereocenters. The van der Waals surface area contributed by atoms with Crippen LogP contribution >= 0.6 is 0 Å². The van der Waals surface area contributed by atoms with Gasteiger partial charge < -0.3 is 9.15 Å². The van der Waals surface area contributed by atoms with E-state index in [1.54, 1.807) is 36.5 Å². The number of aromatic nitrogens is 2. The molecule has 7 nitrogen and oxygen atoms in total. The average Bonchev–Trinajstić information content (AvgIpc) is 3.13. The van der Waals surface area contributed by atoms with E-state index in [1.807, 2.05) is 19.1 Å². The fraction of sp³-hybridized carbons (Fsp3) is 0.100. The van der Waals surface area contributed by atoms with Crippen LogP contribution in [0.4, 0.5) is 5.69 Å². The van der Waals surface area contributed by atoms with Crippen molar-refractivity contribution in [2.24, 2.45) is 0 Å². The second kappa shape index (κ2) is 6.97. The maximum atomic E-state index is 12.7. The molecule has 0 amide bonds. The monoisotopic (exact) mass is 395 g/mol. The molecule has 0 spiro atoms. The number of fused-ring (bicyclic) bond motifs is 1. The van der Waals surface area contributed by atoms with Crippen LogP contribution in [0.25, 0.3) is 22.7 Å². The highest BCUT2D eigenvalue weighted by Crippen LogP contribution is 2.29. The zero-order chi connectivity index (χ0) is 19.7. The summed E-state index contributed by atoms with van der Waals surface area (Å²) in [6.45, 7) is 1.95. The number of aryl methyl sites for hydroxylation is 1. The van der Waals surface area contributed by atoms with Gasteiger partial charge in [-0.3, -0.25) is 9.71 Å². The maximum Gasteiger partial charge on any atom is 0.261 e. The van der Waals surface area contributed by atoms with Crippen LogP contribution in [0.3, 0.4) is 0 Å². The largest absolute Gasteiger partial charge is 0.497 e. The number of hydrogen-bond donors (Lipinski definition) is 1. The maximum absolute atomic E-state index is 12.7. The molecule has 2 heterocycles. The lowest BCUT2D eigenvalue weighted by Gasteiger charge is -2.08. The van der Waals surface area contributed by atoms with Crippen molar-refractivity contribution >= 4 is 26.8 Å². The third-order valence-corrected chi connectivity index (χ3v) is 5.55.